The number of anilines is 1. The maximum absolute atomic E-state index is 13.2. The topological polar surface area (TPSA) is 29.3 Å². The summed E-state index contributed by atoms with van der Waals surface area (Å²) in [4.78, 5) is 2.49. The number of nitrogens with zero attached hydrogens (tertiary/aromatic N) is 1. The minimum absolute atomic E-state index is 0.258. The Kier molecular flexibility index (Phi) is 3.62. The number of halogens is 1. The van der Waals surface area contributed by atoms with E-state index in [1.54, 1.807) is 6.07 Å². The molecule has 2 N–H and O–H groups in total. The smallest absolute Gasteiger partial charge is 0.124 e. The highest BCUT2D eigenvalue weighted by Crippen LogP contribution is 2.32. The Hall–Kier alpha value is -1.16. The molecule has 4 heteroatoms. The van der Waals surface area contributed by atoms with Crippen LogP contribution in [0.1, 0.15) is 25.3 Å². The van der Waals surface area contributed by atoms with Crippen LogP contribution in [-0.4, -0.2) is 18.1 Å². The van der Waals surface area contributed by atoms with E-state index < -0.39 is 0 Å². The average molecular weight is 252 g/mol. The first-order valence-electron chi connectivity index (χ1n) is 5.96. The molecule has 1 aromatic carbocycles. The van der Waals surface area contributed by atoms with Crippen LogP contribution in [-0.2, 0) is 0 Å². The molecule has 0 heterocycles. The molecular weight excluding hydrogens is 235 g/mol. The molecule has 0 aromatic heterocycles. The van der Waals surface area contributed by atoms with Crippen molar-refractivity contribution in [2.45, 2.75) is 19.8 Å². The van der Waals surface area contributed by atoms with Crippen molar-refractivity contribution in [2.24, 2.45) is 11.7 Å². The summed E-state index contributed by atoms with van der Waals surface area (Å²) >= 11 is 4.99. The zero-order valence-corrected chi connectivity index (χ0v) is 10.8. The fourth-order valence-electron chi connectivity index (χ4n) is 1.99. The van der Waals surface area contributed by atoms with E-state index in [9.17, 15) is 4.39 Å². The van der Waals surface area contributed by atoms with Gasteiger partial charge in [0.1, 0.15) is 10.8 Å². The standard InChI is InChI=1S/C13H17FN2S/c1-2-16(8-9-3-4-9)12-6-5-10(14)7-11(12)13(15)17/h5-7,9H,2-4,8H2,1H3,(H2,15,17). The summed E-state index contributed by atoms with van der Waals surface area (Å²) in [5.41, 5.74) is 7.25. The van der Waals surface area contributed by atoms with Crippen LogP contribution in [0.15, 0.2) is 18.2 Å². The average Bonchev–Trinajstić information content (AvgIpc) is 3.10. The lowest BCUT2D eigenvalue weighted by molar-refractivity contribution is 0.626. The van der Waals surface area contributed by atoms with Crippen molar-refractivity contribution in [1.29, 1.82) is 0 Å². The first-order valence-corrected chi connectivity index (χ1v) is 6.37. The summed E-state index contributed by atoms with van der Waals surface area (Å²) in [6.07, 6.45) is 2.58. The summed E-state index contributed by atoms with van der Waals surface area (Å²) in [7, 11) is 0. The summed E-state index contributed by atoms with van der Waals surface area (Å²) < 4.78 is 13.2. The van der Waals surface area contributed by atoms with Crippen molar-refractivity contribution in [2.75, 3.05) is 18.0 Å². The lowest BCUT2D eigenvalue weighted by atomic mass is 10.1. The number of hydrogen-bond donors (Lipinski definition) is 1. The van der Waals surface area contributed by atoms with Crippen LogP contribution in [0.4, 0.5) is 10.1 Å². The van der Waals surface area contributed by atoms with Gasteiger partial charge in [-0.2, -0.15) is 0 Å². The number of nitrogens with two attached hydrogens (primary N) is 1. The number of thiocarbonyl (C=S) groups is 1. The van der Waals surface area contributed by atoms with E-state index in [-0.39, 0.29) is 10.8 Å². The number of benzene rings is 1. The molecule has 1 saturated carbocycles. The van der Waals surface area contributed by atoms with Crippen LogP contribution < -0.4 is 10.6 Å². The number of hydrogen-bond acceptors (Lipinski definition) is 2. The monoisotopic (exact) mass is 252 g/mol. The van der Waals surface area contributed by atoms with E-state index in [4.69, 9.17) is 18.0 Å². The van der Waals surface area contributed by atoms with E-state index in [1.165, 1.54) is 25.0 Å². The van der Waals surface area contributed by atoms with Gasteiger partial charge in [-0.15, -0.1) is 0 Å². The zero-order valence-electron chi connectivity index (χ0n) is 9.95. The normalized spacial score (nSPS) is 14.7. The predicted molar refractivity (Wildman–Crippen MR) is 72.9 cm³/mol. The van der Waals surface area contributed by atoms with Gasteiger partial charge in [0.25, 0.3) is 0 Å². The molecule has 0 saturated heterocycles. The van der Waals surface area contributed by atoms with Crippen LogP contribution in [0, 0.1) is 11.7 Å². The molecule has 1 fully saturated rings. The van der Waals surface area contributed by atoms with Gasteiger partial charge >= 0.3 is 0 Å². The molecule has 0 atom stereocenters. The maximum atomic E-state index is 13.2. The van der Waals surface area contributed by atoms with Gasteiger partial charge in [-0.3, -0.25) is 0 Å². The Morgan fingerprint density at radius 2 is 2.24 bits per heavy atom. The van der Waals surface area contributed by atoms with E-state index in [0.717, 1.165) is 24.7 Å². The quantitative estimate of drug-likeness (QED) is 0.817. The van der Waals surface area contributed by atoms with Crippen molar-refractivity contribution in [1.82, 2.24) is 0 Å². The number of rotatable bonds is 5. The van der Waals surface area contributed by atoms with Crippen molar-refractivity contribution < 1.29 is 4.39 Å². The van der Waals surface area contributed by atoms with Crippen LogP contribution in [0.2, 0.25) is 0 Å². The molecule has 0 aliphatic heterocycles. The van der Waals surface area contributed by atoms with Crippen LogP contribution in [0.25, 0.3) is 0 Å². The van der Waals surface area contributed by atoms with Crippen molar-refractivity contribution in [3.05, 3.63) is 29.6 Å². The highest BCUT2D eigenvalue weighted by molar-refractivity contribution is 7.80. The van der Waals surface area contributed by atoms with Gasteiger partial charge in [-0.05, 0) is 43.9 Å². The molecule has 2 nitrogen and oxygen atoms in total. The molecule has 1 aromatic rings. The van der Waals surface area contributed by atoms with Crippen LogP contribution >= 0.6 is 12.2 Å². The Balaban J connectivity index is 2.30. The van der Waals surface area contributed by atoms with Gasteiger partial charge < -0.3 is 10.6 Å². The molecule has 0 unspecified atom stereocenters. The van der Waals surface area contributed by atoms with Crippen molar-refractivity contribution >= 4 is 22.9 Å². The molecule has 92 valence electrons. The second kappa shape index (κ2) is 5.00. The summed E-state index contributed by atoms with van der Waals surface area (Å²) in [6.45, 7) is 3.99. The van der Waals surface area contributed by atoms with Gasteiger partial charge in [0.2, 0.25) is 0 Å². The van der Waals surface area contributed by atoms with Crippen LogP contribution in [0.3, 0.4) is 0 Å². The third-order valence-electron chi connectivity index (χ3n) is 3.12. The van der Waals surface area contributed by atoms with E-state index in [0.29, 0.717) is 5.56 Å². The Bertz CT molecular complexity index is 429. The molecule has 0 spiro atoms. The van der Waals surface area contributed by atoms with Crippen molar-refractivity contribution in [3.8, 4) is 0 Å². The third-order valence-corrected chi connectivity index (χ3v) is 3.34. The zero-order chi connectivity index (χ0) is 12.4. The molecule has 2 rings (SSSR count). The predicted octanol–water partition coefficient (Wildman–Crippen LogP) is 2.70. The Labute approximate surface area is 107 Å². The van der Waals surface area contributed by atoms with E-state index >= 15 is 0 Å². The molecule has 0 radical (unpaired) electrons. The molecule has 1 aliphatic carbocycles. The second-order valence-electron chi connectivity index (χ2n) is 4.51. The lowest BCUT2D eigenvalue weighted by Crippen LogP contribution is -2.28. The summed E-state index contributed by atoms with van der Waals surface area (Å²) in [6, 6.07) is 4.66. The van der Waals surface area contributed by atoms with Gasteiger partial charge in [-0.1, -0.05) is 12.2 Å². The molecule has 0 amide bonds. The van der Waals surface area contributed by atoms with Crippen LogP contribution in [0.5, 0.6) is 0 Å². The first kappa shape index (κ1) is 12.3. The van der Waals surface area contributed by atoms with E-state index in [1.807, 2.05) is 0 Å². The van der Waals surface area contributed by atoms with E-state index in [2.05, 4.69) is 11.8 Å². The minimum Gasteiger partial charge on any atom is -0.389 e. The minimum atomic E-state index is -0.293. The Morgan fingerprint density at radius 3 is 2.76 bits per heavy atom. The molecular formula is C13H17FN2S. The van der Waals surface area contributed by atoms with Gasteiger partial charge in [-0.25, -0.2) is 4.39 Å². The maximum Gasteiger partial charge on any atom is 0.124 e. The molecule has 17 heavy (non-hydrogen) atoms. The summed E-state index contributed by atoms with van der Waals surface area (Å²) in [5, 5.41) is 0. The second-order valence-corrected chi connectivity index (χ2v) is 4.95. The van der Waals surface area contributed by atoms with Gasteiger partial charge in [0.15, 0.2) is 0 Å². The molecule has 0 bridgehead atoms. The Morgan fingerprint density at radius 1 is 1.53 bits per heavy atom. The SMILES string of the molecule is CCN(CC1CC1)c1ccc(F)cc1C(N)=S. The fraction of sp³-hybridized carbons (Fsp3) is 0.462. The van der Waals surface area contributed by atoms with Crippen molar-refractivity contribution in [3.63, 3.8) is 0 Å². The lowest BCUT2D eigenvalue weighted by Gasteiger charge is -2.25. The highest BCUT2D eigenvalue weighted by atomic mass is 32.1. The highest BCUT2D eigenvalue weighted by Gasteiger charge is 2.25. The molecule has 1 aliphatic rings. The first-order chi connectivity index (χ1) is 8.11. The summed E-state index contributed by atoms with van der Waals surface area (Å²) in [5.74, 6) is 0.484. The largest absolute Gasteiger partial charge is 0.389 e. The fourth-order valence-corrected chi connectivity index (χ4v) is 2.15. The third kappa shape index (κ3) is 2.94. The van der Waals surface area contributed by atoms with Gasteiger partial charge in [0.05, 0.1) is 0 Å². The van der Waals surface area contributed by atoms with Gasteiger partial charge in [0, 0.05) is 24.3 Å².